The molecule has 0 bridgehead atoms. The Morgan fingerprint density at radius 3 is 2.33 bits per heavy atom. The molecule has 1 N–H and O–H groups in total. The molecule has 0 unspecified atom stereocenters. The second-order valence-corrected chi connectivity index (χ2v) is 5.03. The van der Waals surface area contributed by atoms with Gasteiger partial charge in [0.25, 0.3) is 5.56 Å². The number of hydrogen-bond acceptors (Lipinski definition) is 2. The van der Waals surface area contributed by atoms with Crippen LogP contribution in [-0.2, 0) is 0 Å². The number of benzene rings is 2. The van der Waals surface area contributed by atoms with E-state index in [9.17, 15) is 13.6 Å². The van der Waals surface area contributed by atoms with Gasteiger partial charge in [-0.3, -0.25) is 4.79 Å². The maximum atomic E-state index is 13.5. The van der Waals surface area contributed by atoms with Crippen molar-refractivity contribution in [3.63, 3.8) is 0 Å². The number of hydrogen-bond donors (Lipinski definition) is 1. The summed E-state index contributed by atoms with van der Waals surface area (Å²) in [7, 11) is 0. The number of nitrogens with one attached hydrogen (secondary N) is 1. The van der Waals surface area contributed by atoms with Crippen molar-refractivity contribution in [1.29, 1.82) is 0 Å². The summed E-state index contributed by atoms with van der Waals surface area (Å²) >= 11 is 0. The van der Waals surface area contributed by atoms with E-state index >= 15 is 0 Å². The van der Waals surface area contributed by atoms with E-state index in [0.29, 0.717) is 11.1 Å². The Morgan fingerprint density at radius 1 is 1.00 bits per heavy atom. The molecular formula is C16H12F2N2O. The summed E-state index contributed by atoms with van der Waals surface area (Å²) in [6.07, 6.45) is 0. The minimum absolute atomic E-state index is 0.0823. The molecule has 106 valence electrons. The first-order chi connectivity index (χ1) is 9.97. The number of H-pyrrole nitrogens is 1. The number of aromatic nitrogens is 2. The standard InChI is InChI=1S/C16H12F2N2O/c1-8-3-4-10(9(2)5-8)15-11-6-13(17)14(18)7-12(11)16(21)20-19-15/h3-7H,1-2H3,(H,20,21). The number of halogens is 2. The minimum atomic E-state index is -1.05. The maximum absolute atomic E-state index is 13.5. The van der Waals surface area contributed by atoms with Gasteiger partial charge in [0.1, 0.15) is 0 Å². The molecule has 3 aromatic rings. The first-order valence-corrected chi connectivity index (χ1v) is 6.42. The summed E-state index contributed by atoms with van der Waals surface area (Å²) in [4.78, 5) is 11.8. The van der Waals surface area contributed by atoms with Crippen molar-refractivity contribution in [1.82, 2.24) is 10.2 Å². The average Bonchev–Trinajstić information content (AvgIpc) is 2.43. The molecule has 1 aromatic heterocycles. The van der Waals surface area contributed by atoms with E-state index in [4.69, 9.17) is 0 Å². The van der Waals surface area contributed by atoms with Gasteiger partial charge < -0.3 is 0 Å². The second kappa shape index (κ2) is 4.77. The van der Waals surface area contributed by atoms with Crippen molar-refractivity contribution in [3.8, 4) is 11.3 Å². The highest BCUT2D eigenvalue weighted by Gasteiger charge is 2.14. The topological polar surface area (TPSA) is 45.8 Å². The summed E-state index contributed by atoms with van der Waals surface area (Å²) in [5, 5.41) is 6.72. The van der Waals surface area contributed by atoms with Gasteiger partial charge in [0.2, 0.25) is 0 Å². The molecule has 0 spiro atoms. The van der Waals surface area contributed by atoms with Crippen molar-refractivity contribution >= 4 is 10.8 Å². The molecule has 0 radical (unpaired) electrons. The molecule has 3 nitrogen and oxygen atoms in total. The molecular weight excluding hydrogens is 274 g/mol. The predicted octanol–water partition coefficient (Wildman–Crippen LogP) is 3.49. The van der Waals surface area contributed by atoms with E-state index in [1.165, 1.54) is 0 Å². The molecule has 0 aliphatic heterocycles. The predicted molar refractivity (Wildman–Crippen MR) is 77.2 cm³/mol. The lowest BCUT2D eigenvalue weighted by Crippen LogP contribution is -2.10. The van der Waals surface area contributed by atoms with Crippen molar-refractivity contribution in [3.05, 3.63) is 63.4 Å². The summed E-state index contributed by atoms with van der Waals surface area (Å²) in [6, 6.07) is 7.64. The zero-order chi connectivity index (χ0) is 15.1. The molecule has 0 aliphatic carbocycles. The van der Waals surface area contributed by atoms with Crippen molar-refractivity contribution in [2.45, 2.75) is 13.8 Å². The number of nitrogens with zero attached hydrogens (tertiary/aromatic N) is 1. The van der Waals surface area contributed by atoms with Crippen LogP contribution in [0, 0.1) is 25.5 Å². The average molecular weight is 286 g/mol. The maximum Gasteiger partial charge on any atom is 0.272 e. The smallest absolute Gasteiger partial charge is 0.267 e. The monoisotopic (exact) mass is 286 g/mol. The van der Waals surface area contributed by atoms with Gasteiger partial charge in [-0.15, -0.1) is 0 Å². The van der Waals surface area contributed by atoms with Gasteiger partial charge in [-0.2, -0.15) is 5.10 Å². The zero-order valence-electron chi connectivity index (χ0n) is 11.5. The van der Waals surface area contributed by atoms with Crippen LogP contribution < -0.4 is 5.56 Å². The molecule has 0 aliphatic rings. The Hall–Kier alpha value is -2.56. The van der Waals surface area contributed by atoms with E-state index in [2.05, 4.69) is 10.2 Å². The van der Waals surface area contributed by atoms with Crippen LogP contribution in [0.5, 0.6) is 0 Å². The Labute approximate surface area is 119 Å². The van der Waals surface area contributed by atoms with Crippen LogP contribution in [0.2, 0.25) is 0 Å². The Balaban J connectivity index is 2.41. The molecule has 0 atom stereocenters. The van der Waals surface area contributed by atoms with Crippen LogP contribution in [0.4, 0.5) is 8.78 Å². The van der Waals surface area contributed by atoms with E-state index in [1.807, 2.05) is 32.0 Å². The van der Waals surface area contributed by atoms with Crippen LogP contribution in [0.1, 0.15) is 11.1 Å². The van der Waals surface area contributed by atoms with Crippen LogP contribution in [0.3, 0.4) is 0 Å². The fourth-order valence-corrected chi connectivity index (χ4v) is 2.44. The highest BCUT2D eigenvalue weighted by atomic mass is 19.2. The Bertz CT molecular complexity index is 916. The quantitative estimate of drug-likeness (QED) is 0.744. The highest BCUT2D eigenvalue weighted by molar-refractivity contribution is 5.94. The molecule has 21 heavy (non-hydrogen) atoms. The van der Waals surface area contributed by atoms with Gasteiger partial charge in [-0.05, 0) is 31.5 Å². The van der Waals surface area contributed by atoms with Gasteiger partial charge >= 0.3 is 0 Å². The Kier molecular flexibility index (Phi) is 3.05. The summed E-state index contributed by atoms with van der Waals surface area (Å²) in [5.41, 5.74) is 2.69. The lowest BCUT2D eigenvalue weighted by Gasteiger charge is -2.09. The Morgan fingerprint density at radius 2 is 1.67 bits per heavy atom. The second-order valence-electron chi connectivity index (χ2n) is 5.03. The first-order valence-electron chi connectivity index (χ1n) is 6.42. The summed E-state index contributed by atoms with van der Waals surface area (Å²) in [5.74, 6) is -2.05. The number of rotatable bonds is 1. The van der Waals surface area contributed by atoms with E-state index in [-0.39, 0.29) is 5.39 Å². The molecule has 5 heteroatoms. The van der Waals surface area contributed by atoms with Crippen molar-refractivity contribution in [2.24, 2.45) is 0 Å². The lowest BCUT2D eigenvalue weighted by atomic mass is 9.99. The normalized spacial score (nSPS) is 11.0. The van der Waals surface area contributed by atoms with Crippen molar-refractivity contribution in [2.75, 3.05) is 0 Å². The fourth-order valence-electron chi connectivity index (χ4n) is 2.44. The van der Waals surface area contributed by atoms with Gasteiger partial charge in [0, 0.05) is 10.9 Å². The van der Waals surface area contributed by atoms with Gasteiger partial charge in [0.05, 0.1) is 11.1 Å². The SMILES string of the molecule is Cc1ccc(-c2n[nH]c(=O)c3cc(F)c(F)cc23)c(C)c1. The molecule has 0 amide bonds. The molecule has 2 aromatic carbocycles. The van der Waals surface area contributed by atoms with Gasteiger partial charge in [0.15, 0.2) is 11.6 Å². The number of fused-ring (bicyclic) bond motifs is 1. The molecule has 0 saturated heterocycles. The summed E-state index contributed by atoms with van der Waals surface area (Å²) < 4.78 is 26.9. The fraction of sp³-hybridized carbons (Fsp3) is 0.125. The lowest BCUT2D eigenvalue weighted by molar-refractivity contribution is 0.511. The minimum Gasteiger partial charge on any atom is -0.267 e. The van der Waals surface area contributed by atoms with E-state index in [0.717, 1.165) is 28.8 Å². The third kappa shape index (κ3) is 2.20. The highest BCUT2D eigenvalue weighted by Crippen LogP contribution is 2.28. The van der Waals surface area contributed by atoms with Crippen LogP contribution in [-0.4, -0.2) is 10.2 Å². The largest absolute Gasteiger partial charge is 0.272 e. The zero-order valence-corrected chi connectivity index (χ0v) is 11.5. The molecule has 1 heterocycles. The first kappa shape index (κ1) is 13.4. The van der Waals surface area contributed by atoms with Crippen LogP contribution in [0.15, 0.2) is 35.1 Å². The van der Waals surface area contributed by atoms with Gasteiger partial charge in [-0.25, -0.2) is 13.9 Å². The molecule has 0 saturated carbocycles. The van der Waals surface area contributed by atoms with Crippen molar-refractivity contribution < 1.29 is 8.78 Å². The third-order valence-corrected chi connectivity index (χ3v) is 3.47. The molecule has 3 rings (SSSR count). The molecule has 0 fully saturated rings. The third-order valence-electron chi connectivity index (χ3n) is 3.47. The summed E-state index contributed by atoms with van der Waals surface area (Å²) in [6.45, 7) is 3.87. The van der Waals surface area contributed by atoms with E-state index < -0.39 is 17.2 Å². The van der Waals surface area contributed by atoms with Gasteiger partial charge in [-0.1, -0.05) is 23.8 Å². The number of aromatic amines is 1. The van der Waals surface area contributed by atoms with Crippen LogP contribution >= 0.6 is 0 Å². The van der Waals surface area contributed by atoms with Crippen LogP contribution in [0.25, 0.3) is 22.0 Å². The number of aryl methyl sites for hydroxylation is 2. The van der Waals surface area contributed by atoms with E-state index in [1.54, 1.807) is 0 Å².